The average molecular weight is 405 g/mol. The molecule has 29 heavy (non-hydrogen) atoms. The number of alkyl halides is 3. The number of carbonyl (C=O) groups is 1. The van der Waals surface area contributed by atoms with Crippen molar-refractivity contribution in [2.45, 2.75) is 19.6 Å². The van der Waals surface area contributed by atoms with Gasteiger partial charge in [0.15, 0.2) is 6.61 Å². The molecular weight excluding hydrogens is 387 g/mol. The number of carbonyl (C=O) groups excluding carboxylic acids is 1. The number of hydrogen-bond donors (Lipinski definition) is 0. The van der Waals surface area contributed by atoms with Gasteiger partial charge in [-0.25, -0.2) is 0 Å². The monoisotopic (exact) mass is 405 g/mol. The summed E-state index contributed by atoms with van der Waals surface area (Å²) < 4.78 is 48.6. The number of halogens is 3. The van der Waals surface area contributed by atoms with Crippen LogP contribution in [0.1, 0.15) is 17.0 Å². The Bertz CT molecular complexity index is 1000. The van der Waals surface area contributed by atoms with Gasteiger partial charge < -0.3 is 14.2 Å². The van der Waals surface area contributed by atoms with Crippen LogP contribution < -0.4 is 4.74 Å². The van der Waals surface area contributed by atoms with E-state index in [0.717, 1.165) is 23.3 Å². The molecule has 0 fully saturated rings. The third kappa shape index (κ3) is 5.34. The largest absolute Gasteiger partial charge is 0.484 e. The molecule has 6 nitrogen and oxygen atoms in total. The number of aromatic nitrogens is 2. The molecule has 0 saturated heterocycles. The summed E-state index contributed by atoms with van der Waals surface area (Å²) in [5.41, 5.74) is 1.00. The van der Waals surface area contributed by atoms with E-state index >= 15 is 0 Å². The fourth-order valence-corrected chi connectivity index (χ4v) is 2.53. The lowest BCUT2D eigenvalue weighted by Crippen LogP contribution is -2.31. The van der Waals surface area contributed by atoms with Crippen LogP contribution in [-0.2, 0) is 17.5 Å². The Balaban J connectivity index is 1.57. The minimum absolute atomic E-state index is 0.0406. The second-order valence-corrected chi connectivity index (χ2v) is 6.45. The summed E-state index contributed by atoms with van der Waals surface area (Å²) in [7, 11) is 1.51. The number of ether oxygens (including phenoxy) is 1. The van der Waals surface area contributed by atoms with E-state index < -0.39 is 24.3 Å². The molecule has 1 amide bonds. The standard InChI is InChI=1S/C20H18F3N3O3/c1-13-5-3-6-14(9-13)19-24-17(29-25-19)11-26(2)18(27)12-28-16-8-4-7-15(10-16)20(21,22)23/h3-10H,11-12H2,1-2H3. The van der Waals surface area contributed by atoms with Gasteiger partial charge in [0.05, 0.1) is 12.1 Å². The molecule has 0 N–H and O–H groups in total. The molecule has 9 heteroatoms. The number of benzene rings is 2. The summed E-state index contributed by atoms with van der Waals surface area (Å²) in [4.78, 5) is 17.8. The molecule has 0 aliphatic carbocycles. The summed E-state index contributed by atoms with van der Waals surface area (Å²) in [6, 6.07) is 11.9. The summed E-state index contributed by atoms with van der Waals surface area (Å²) >= 11 is 0. The average Bonchev–Trinajstić information content (AvgIpc) is 3.14. The molecular formula is C20H18F3N3O3. The molecule has 2 aromatic carbocycles. The van der Waals surface area contributed by atoms with Crippen molar-refractivity contribution in [2.75, 3.05) is 13.7 Å². The lowest BCUT2D eigenvalue weighted by Gasteiger charge is -2.15. The third-order valence-corrected chi connectivity index (χ3v) is 4.07. The molecule has 0 bridgehead atoms. The fourth-order valence-electron chi connectivity index (χ4n) is 2.53. The summed E-state index contributed by atoms with van der Waals surface area (Å²) in [6.45, 7) is 1.57. The molecule has 0 unspecified atom stereocenters. The van der Waals surface area contributed by atoms with E-state index in [9.17, 15) is 18.0 Å². The van der Waals surface area contributed by atoms with Gasteiger partial charge in [-0.2, -0.15) is 18.2 Å². The van der Waals surface area contributed by atoms with E-state index in [1.807, 2.05) is 31.2 Å². The van der Waals surface area contributed by atoms with Crippen LogP contribution in [0.5, 0.6) is 5.75 Å². The molecule has 1 aromatic heterocycles. The lowest BCUT2D eigenvalue weighted by atomic mass is 10.1. The molecule has 3 rings (SSSR count). The highest BCUT2D eigenvalue weighted by Crippen LogP contribution is 2.31. The van der Waals surface area contributed by atoms with Gasteiger partial charge in [0, 0.05) is 12.6 Å². The molecule has 0 atom stereocenters. The molecule has 0 aliphatic heterocycles. The maximum atomic E-state index is 12.7. The van der Waals surface area contributed by atoms with Crippen molar-refractivity contribution in [1.82, 2.24) is 15.0 Å². The Labute approximate surface area is 164 Å². The maximum absolute atomic E-state index is 12.7. The van der Waals surface area contributed by atoms with Crippen molar-refractivity contribution in [1.29, 1.82) is 0 Å². The smallest absolute Gasteiger partial charge is 0.416 e. The minimum Gasteiger partial charge on any atom is -0.484 e. The predicted molar refractivity (Wildman–Crippen MR) is 97.9 cm³/mol. The van der Waals surface area contributed by atoms with Crippen molar-refractivity contribution < 1.29 is 27.2 Å². The van der Waals surface area contributed by atoms with E-state index in [1.54, 1.807) is 0 Å². The zero-order chi connectivity index (χ0) is 21.0. The van der Waals surface area contributed by atoms with Gasteiger partial charge in [-0.15, -0.1) is 0 Å². The second-order valence-electron chi connectivity index (χ2n) is 6.45. The number of nitrogens with zero attached hydrogens (tertiary/aromatic N) is 3. The van der Waals surface area contributed by atoms with Gasteiger partial charge >= 0.3 is 6.18 Å². The lowest BCUT2D eigenvalue weighted by molar-refractivity contribution is -0.137. The van der Waals surface area contributed by atoms with Crippen LogP contribution in [0.2, 0.25) is 0 Å². The van der Waals surface area contributed by atoms with E-state index in [2.05, 4.69) is 10.1 Å². The van der Waals surface area contributed by atoms with Crippen LogP contribution in [-0.4, -0.2) is 34.6 Å². The molecule has 0 spiro atoms. The highest BCUT2D eigenvalue weighted by molar-refractivity contribution is 5.77. The summed E-state index contributed by atoms with van der Waals surface area (Å²) in [6.07, 6.45) is -4.48. The Morgan fingerprint density at radius 1 is 1.17 bits per heavy atom. The number of hydrogen-bond acceptors (Lipinski definition) is 5. The van der Waals surface area contributed by atoms with E-state index in [1.165, 1.54) is 24.1 Å². The predicted octanol–water partition coefficient (Wildman–Crippen LogP) is 4.10. The van der Waals surface area contributed by atoms with Crippen molar-refractivity contribution in [3.05, 3.63) is 65.5 Å². The SMILES string of the molecule is Cc1cccc(-c2noc(CN(C)C(=O)COc3cccc(C(F)(F)F)c3)n2)c1. The van der Waals surface area contributed by atoms with Crippen LogP contribution in [0.4, 0.5) is 13.2 Å². The van der Waals surface area contributed by atoms with E-state index in [4.69, 9.17) is 9.26 Å². The van der Waals surface area contributed by atoms with E-state index in [-0.39, 0.29) is 18.2 Å². The Morgan fingerprint density at radius 3 is 2.66 bits per heavy atom. The highest BCUT2D eigenvalue weighted by atomic mass is 19.4. The van der Waals surface area contributed by atoms with Crippen LogP contribution in [0.25, 0.3) is 11.4 Å². The first-order valence-electron chi connectivity index (χ1n) is 8.66. The van der Waals surface area contributed by atoms with Gasteiger partial charge in [-0.1, -0.05) is 35.0 Å². The van der Waals surface area contributed by atoms with Gasteiger partial charge in [0.1, 0.15) is 5.75 Å². The minimum atomic E-state index is -4.48. The quantitative estimate of drug-likeness (QED) is 0.618. The summed E-state index contributed by atoms with van der Waals surface area (Å²) in [5.74, 6) is 0.153. The van der Waals surface area contributed by atoms with Gasteiger partial charge in [0.25, 0.3) is 5.91 Å². The number of rotatable bonds is 6. The zero-order valence-corrected chi connectivity index (χ0v) is 15.7. The van der Waals surface area contributed by atoms with Crippen molar-refractivity contribution in [3.63, 3.8) is 0 Å². The van der Waals surface area contributed by atoms with Crippen molar-refractivity contribution in [2.24, 2.45) is 0 Å². The normalized spacial score (nSPS) is 11.3. The van der Waals surface area contributed by atoms with Crippen molar-refractivity contribution in [3.8, 4) is 17.1 Å². The molecule has 3 aromatic rings. The molecule has 0 aliphatic rings. The second kappa shape index (κ2) is 8.34. The van der Waals surface area contributed by atoms with Gasteiger partial charge in [-0.3, -0.25) is 4.79 Å². The van der Waals surface area contributed by atoms with Crippen LogP contribution in [0, 0.1) is 6.92 Å². The topological polar surface area (TPSA) is 68.5 Å². The summed E-state index contributed by atoms with van der Waals surface area (Å²) in [5, 5.41) is 3.90. The number of aryl methyl sites for hydroxylation is 1. The molecule has 152 valence electrons. The molecule has 0 radical (unpaired) electrons. The van der Waals surface area contributed by atoms with E-state index in [0.29, 0.717) is 5.82 Å². The van der Waals surface area contributed by atoms with Gasteiger partial charge in [0.2, 0.25) is 11.7 Å². The first-order valence-corrected chi connectivity index (χ1v) is 8.66. The van der Waals surface area contributed by atoms with Crippen molar-refractivity contribution >= 4 is 5.91 Å². The Morgan fingerprint density at radius 2 is 1.93 bits per heavy atom. The zero-order valence-electron chi connectivity index (χ0n) is 15.7. The Kier molecular flexibility index (Phi) is 5.86. The molecule has 1 heterocycles. The first-order chi connectivity index (χ1) is 13.7. The van der Waals surface area contributed by atoms with Crippen LogP contribution in [0.15, 0.2) is 53.1 Å². The first kappa shape index (κ1) is 20.4. The number of amides is 1. The maximum Gasteiger partial charge on any atom is 0.416 e. The van der Waals surface area contributed by atoms with Crippen LogP contribution in [0.3, 0.4) is 0 Å². The highest BCUT2D eigenvalue weighted by Gasteiger charge is 2.30. The Hall–Kier alpha value is -3.36. The third-order valence-electron chi connectivity index (χ3n) is 4.07. The molecule has 0 saturated carbocycles. The van der Waals surface area contributed by atoms with Crippen LogP contribution >= 0.6 is 0 Å². The number of likely N-dealkylation sites (N-methyl/N-ethyl adjacent to an activating group) is 1. The fraction of sp³-hybridized carbons (Fsp3) is 0.250. The van der Waals surface area contributed by atoms with Gasteiger partial charge in [-0.05, 0) is 31.2 Å².